The van der Waals surface area contributed by atoms with E-state index in [2.05, 4.69) is 9.97 Å². The smallest absolute Gasteiger partial charge is 0.259 e. The number of H-pyrrole nitrogens is 1. The Balaban J connectivity index is 2.31. The summed E-state index contributed by atoms with van der Waals surface area (Å²) in [5, 5.41) is 0. The van der Waals surface area contributed by atoms with Crippen molar-refractivity contribution in [1.82, 2.24) is 9.97 Å². The van der Waals surface area contributed by atoms with Crippen LogP contribution >= 0.6 is 0 Å². The van der Waals surface area contributed by atoms with Crippen LogP contribution in [0.2, 0.25) is 0 Å². The number of hydrogen-bond donors (Lipinski definition) is 1. The molecule has 0 atom stereocenters. The van der Waals surface area contributed by atoms with Gasteiger partial charge in [0.15, 0.2) is 5.78 Å². The van der Waals surface area contributed by atoms with Gasteiger partial charge in [0.2, 0.25) is 0 Å². The Labute approximate surface area is 110 Å². The van der Waals surface area contributed by atoms with Crippen LogP contribution in [-0.4, -0.2) is 15.8 Å². The Hall–Kier alpha value is -2.49. The lowest BCUT2D eigenvalue weighted by molar-refractivity contribution is 0.104. The zero-order chi connectivity index (χ0) is 13.8. The van der Waals surface area contributed by atoms with Crippen LogP contribution in [0.1, 0.15) is 27.2 Å². The van der Waals surface area contributed by atoms with Crippen LogP contribution in [0.3, 0.4) is 0 Å². The van der Waals surface area contributed by atoms with E-state index >= 15 is 0 Å². The first-order valence-electron chi connectivity index (χ1n) is 5.91. The molecule has 0 bridgehead atoms. The number of aromatic nitrogens is 2. The average molecular weight is 254 g/mol. The molecule has 4 nitrogen and oxygen atoms in total. The van der Waals surface area contributed by atoms with Crippen molar-refractivity contribution < 1.29 is 4.79 Å². The van der Waals surface area contributed by atoms with Crippen LogP contribution in [0.25, 0.3) is 6.08 Å². The second-order valence-corrected chi connectivity index (χ2v) is 4.32. The van der Waals surface area contributed by atoms with E-state index in [1.807, 2.05) is 6.07 Å². The average Bonchev–Trinajstić information content (AvgIpc) is 2.36. The fourth-order valence-corrected chi connectivity index (χ4v) is 1.89. The number of nitrogens with one attached hydrogen (secondary N) is 1. The van der Waals surface area contributed by atoms with Gasteiger partial charge in [-0.05, 0) is 49.3 Å². The number of carbonyl (C=O) groups is 1. The number of ketones is 1. The molecule has 2 heterocycles. The van der Waals surface area contributed by atoms with Crippen molar-refractivity contribution in [3.63, 3.8) is 0 Å². The maximum atomic E-state index is 12.0. The third-order valence-electron chi connectivity index (χ3n) is 2.72. The lowest BCUT2D eigenvalue weighted by atomic mass is 10.1. The number of carbonyl (C=O) groups excluding carboxylic acids is 1. The van der Waals surface area contributed by atoms with Crippen molar-refractivity contribution in [3.05, 3.63) is 69.4 Å². The third-order valence-corrected chi connectivity index (χ3v) is 2.72. The minimum Gasteiger partial charge on any atom is -0.326 e. The first kappa shape index (κ1) is 13.0. The van der Waals surface area contributed by atoms with E-state index in [-0.39, 0.29) is 16.9 Å². The summed E-state index contributed by atoms with van der Waals surface area (Å²) in [6, 6.07) is 5.41. The van der Waals surface area contributed by atoms with Gasteiger partial charge in [0.05, 0.1) is 5.56 Å². The summed E-state index contributed by atoms with van der Waals surface area (Å²) in [7, 11) is 0. The van der Waals surface area contributed by atoms with Gasteiger partial charge in [0.25, 0.3) is 5.56 Å². The van der Waals surface area contributed by atoms with Gasteiger partial charge in [0.1, 0.15) is 0 Å². The molecule has 0 aromatic carbocycles. The lowest BCUT2D eigenvalue weighted by Gasteiger charge is -2.02. The molecule has 0 saturated heterocycles. The van der Waals surface area contributed by atoms with Crippen LogP contribution in [0, 0.1) is 13.8 Å². The number of rotatable bonds is 3. The van der Waals surface area contributed by atoms with Crippen LogP contribution < -0.4 is 5.56 Å². The van der Waals surface area contributed by atoms with Gasteiger partial charge in [-0.25, -0.2) is 0 Å². The highest BCUT2D eigenvalue weighted by molar-refractivity contribution is 6.07. The quantitative estimate of drug-likeness (QED) is 0.675. The molecule has 0 fully saturated rings. The first-order chi connectivity index (χ1) is 9.08. The number of pyridine rings is 2. The highest BCUT2D eigenvalue weighted by atomic mass is 16.1. The summed E-state index contributed by atoms with van der Waals surface area (Å²) in [6.45, 7) is 3.54. The summed E-state index contributed by atoms with van der Waals surface area (Å²) in [6.07, 6.45) is 6.35. The molecular weight excluding hydrogens is 240 g/mol. The molecule has 2 rings (SSSR count). The standard InChI is InChI=1S/C15H14N2O2/c1-10-8-11(2)17-15(19)14(10)13(18)6-5-12-4-3-7-16-9-12/h3-9H,1-2H3,(H,17,19). The second-order valence-electron chi connectivity index (χ2n) is 4.32. The normalized spacial score (nSPS) is 10.8. The summed E-state index contributed by atoms with van der Waals surface area (Å²) in [5.74, 6) is -0.303. The van der Waals surface area contributed by atoms with Crippen molar-refractivity contribution in [2.45, 2.75) is 13.8 Å². The van der Waals surface area contributed by atoms with E-state index < -0.39 is 0 Å². The zero-order valence-corrected chi connectivity index (χ0v) is 10.8. The molecule has 2 aromatic rings. The molecule has 0 radical (unpaired) electrons. The number of nitrogens with zero attached hydrogens (tertiary/aromatic N) is 1. The predicted molar refractivity (Wildman–Crippen MR) is 74.1 cm³/mol. The SMILES string of the molecule is Cc1cc(C)c(C(=O)C=Cc2cccnc2)c(=O)[nH]1. The Kier molecular flexibility index (Phi) is 3.71. The molecule has 0 aliphatic heterocycles. The topological polar surface area (TPSA) is 62.8 Å². The first-order valence-corrected chi connectivity index (χ1v) is 5.91. The fourth-order valence-electron chi connectivity index (χ4n) is 1.89. The molecule has 0 aliphatic rings. The van der Waals surface area contributed by atoms with Crippen LogP contribution in [0.5, 0.6) is 0 Å². The molecule has 96 valence electrons. The van der Waals surface area contributed by atoms with Gasteiger partial charge in [0, 0.05) is 18.1 Å². The van der Waals surface area contributed by atoms with E-state index in [0.29, 0.717) is 5.56 Å². The van der Waals surface area contributed by atoms with Crippen LogP contribution in [0.4, 0.5) is 0 Å². The Morgan fingerprint density at radius 1 is 1.37 bits per heavy atom. The Bertz CT molecular complexity index is 685. The van der Waals surface area contributed by atoms with Gasteiger partial charge in [-0.15, -0.1) is 0 Å². The minimum absolute atomic E-state index is 0.186. The monoisotopic (exact) mass is 254 g/mol. The van der Waals surface area contributed by atoms with Crippen LogP contribution in [-0.2, 0) is 0 Å². The Morgan fingerprint density at radius 3 is 2.79 bits per heavy atom. The van der Waals surface area contributed by atoms with Crippen molar-refractivity contribution in [3.8, 4) is 0 Å². The molecular formula is C15H14N2O2. The van der Waals surface area contributed by atoms with Crippen molar-refractivity contribution >= 4 is 11.9 Å². The van der Waals surface area contributed by atoms with E-state index in [0.717, 1.165) is 11.3 Å². The third kappa shape index (κ3) is 3.04. The highest BCUT2D eigenvalue weighted by Crippen LogP contribution is 2.07. The predicted octanol–water partition coefficient (Wildman–Crippen LogP) is 2.28. The lowest BCUT2D eigenvalue weighted by Crippen LogP contribution is -2.19. The van der Waals surface area contributed by atoms with Gasteiger partial charge in [-0.1, -0.05) is 6.07 Å². The molecule has 4 heteroatoms. The van der Waals surface area contributed by atoms with E-state index in [1.54, 1.807) is 44.4 Å². The van der Waals surface area contributed by atoms with E-state index in [9.17, 15) is 9.59 Å². The summed E-state index contributed by atoms with van der Waals surface area (Å²) in [4.78, 5) is 30.4. The maximum Gasteiger partial charge on any atom is 0.259 e. The summed E-state index contributed by atoms with van der Waals surface area (Å²) >= 11 is 0. The Morgan fingerprint density at radius 2 is 2.16 bits per heavy atom. The van der Waals surface area contributed by atoms with Crippen molar-refractivity contribution in [1.29, 1.82) is 0 Å². The molecule has 0 unspecified atom stereocenters. The molecule has 0 spiro atoms. The molecule has 0 saturated carbocycles. The number of hydrogen-bond acceptors (Lipinski definition) is 3. The number of aryl methyl sites for hydroxylation is 2. The molecule has 0 amide bonds. The summed E-state index contributed by atoms with van der Waals surface area (Å²) < 4.78 is 0. The number of allylic oxidation sites excluding steroid dienone is 1. The molecule has 0 aliphatic carbocycles. The molecule has 19 heavy (non-hydrogen) atoms. The minimum atomic E-state index is -0.349. The zero-order valence-electron chi connectivity index (χ0n) is 10.8. The van der Waals surface area contributed by atoms with Gasteiger partial charge < -0.3 is 4.98 Å². The van der Waals surface area contributed by atoms with E-state index in [1.165, 1.54) is 6.08 Å². The van der Waals surface area contributed by atoms with Gasteiger partial charge in [-0.3, -0.25) is 14.6 Å². The van der Waals surface area contributed by atoms with Gasteiger partial charge >= 0.3 is 0 Å². The molecule has 1 N–H and O–H groups in total. The highest BCUT2D eigenvalue weighted by Gasteiger charge is 2.11. The second kappa shape index (κ2) is 5.44. The van der Waals surface area contributed by atoms with Crippen molar-refractivity contribution in [2.75, 3.05) is 0 Å². The van der Waals surface area contributed by atoms with E-state index in [4.69, 9.17) is 0 Å². The van der Waals surface area contributed by atoms with Crippen LogP contribution in [0.15, 0.2) is 41.5 Å². The van der Waals surface area contributed by atoms with Gasteiger partial charge in [-0.2, -0.15) is 0 Å². The molecule has 2 aromatic heterocycles. The number of aromatic amines is 1. The fraction of sp³-hybridized carbons (Fsp3) is 0.133. The maximum absolute atomic E-state index is 12.0. The van der Waals surface area contributed by atoms with Crippen molar-refractivity contribution in [2.24, 2.45) is 0 Å². The summed E-state index contributed by atoms with van der Waals surface area (Å²) in [5.41, 5.74) is 2.08. The largest absolute Gasteiger partial charge is 0.326 e.